The first-order chi connectivity index (χ1) is 9.88. The van der Waals surface area contributed by atoms with Gasteiger partial charge in [-0.1, -0.05) is 19.1 Å². The van der Waals surface area contributed by atoms with Crippen LogP contribution in [-0.2, 0) is 25.9 Å². The van der Waals surface area contributed by atoms with E-state index in [1.807, 2.05) is 12.5 Å². The number of fused-ring (bicyclic) bond motifs is 1. The number of aromatic nitrogens is 2. The molecular weight excluding hydrogens is 246 g/mol. The number of nitrogens with one attached hydrogen (secondary N) is 1. The van der Waals surface area contributed by atoms with Crippen LogP contribution in [0.4, 0.5) is 5.69 Å². The smallest absolute Gasteiger partial charge is 0.0948 e. The second kappa shape index (κ2) is 6.12. The second-order valence-electron chi connectivity index (χ2n) is 5.58. The number of benzene rings is 1. The zero-order chi connectivity index (χ0) is 13.8. The molecule has 20 heavy (non-hydrogen) atoms. The Morgan fingerprint density at radius 2 is 2.15 bits per heavy atom. The highest BCUT2D eigenvalue weighted by molar-refractivity contribution is 5.55. The highest BCUT2D eigenvalue weighted by Crippen LogP contribution is 2.28. The van der Waals surface area contributed by atoms with Crippen LogP contribution in [0.5, 0.6) is 0 Å². The van der Waals surface area contributed by atoms with Crippen molar-refractivity contribution in [1.82, 2.24) is 9.55 Å². The molecule has 3 heteroatoms. The van der Waals surface area contributed by atoms with Gasteiger partial charge in [0.05, 0.1) is 18.6 Å². The van der Waals surface area contributed by atoms with Gasteiger partial charge in [-0.3, -0.25) is 0 Å². The summed E-state index contributed by atoms with van der Waals surface area (Å²) in [4.78, 5) is 4.26. The Bertz CT molecular complexity index is 571. The fourth-order valence-corrected chi connectivity index (χ4v) is 3.07. The molecule has 1 N–H and O–H groups in total. The monoisotopic (exact) mass is 269 g/mol. The second-order valence-corrected chi connectivity index (χ2v) is 5.58. The lowest BCUT2D eigenvalue weighted by Crippen LogP contribution is -2.11. The quantitative estimate of drug-likeness (QED) is 0.895. The summed E-state index contributed by atoms with van der Waals surface area (Å²) in [5, 5.41) is 3.61. The number of nitrogens with zero attached hydrogens (tertiary/aromatic N) is 2. The Labute approximate surface area is 121 Å². The molecule has 2 aromatic rings. The fraction of sp³-hybridized carbons (Fsp3) is 0.471. The summed E-state index contributed by atoms with van der Waals surface area (Å²) in [5.74, 6) is 0. The number of anilines is 1. The Balaban J connectivity index is 1.73. The molecule has 0 atom stereocenters. The lowest BCUT2D eigenvalue weighted by atomic mass is 9.90. The van der Waals surface area contributed by atoms with Gasteiger partial charge < -0.3 is 9.88 Å². The minimum Gasteiger partial charge on any atom is -0.379 e. The lowest BCUT2D eigenvalue weighted by Gasteiger charge is -2.20. The van der Waals surface area contributed by atoms with E-state index < -0.39 is 0 Å². The van der Waals surface area contributed by atoms with Gasteiger partial charge in [0.2, 0.25) is 0 Å². The maximum absolute atomic E-state index is 4.26. The summed E-state index contributed by atoms with van der Waals surface area (Å²) in [6.07, 6.45) is 10.1. The predicted molar refractivity (Wildman–Crippen MR) is 82.9 cm³/mol. The van der Waals surface area contributed by atoms with E-state index in [2.05, 4.69) is 40.0 Å². The molecule has 106 valence electrons. The predicted octanol–water partition coefficient (Wildman–Crippen LogP) is 3.78. The summed E-state index contributed by atoms with van der Waals surface area (Å²) in [5.41, 5.74) is 5.63. The van der Waals surface area contributed by atoms with Crippen molar-refractivity contribution in [3.05, 3.63) is 47.5 Å². The van der Waals surface area contributed by atoms with Gasteiger partial charge in [-0.05, 0) is 49.3 Å². The minimum atomic E-state index is 0.858. The molecule has 3 rings (SSSR count). The van der Waals surface area contributed by atoms with Gasteiger partial charge in [0.1, 0.15) is 0 Å². The molecule has 1 aromatic carbocycles. The molecule has 3 nitrogen and oxygen atoms in total. The highest BCUT2D eigenvalue weighted by atomic mass is 15.1. The van der Waals surface area contributed by atoms with E-state index >= 15 is 0 Å². The Morgan fingerprint density at radius 1 is 1.25 bits per heavy atom. The largest absolute Gasteiger partial charge is 0.379 e. The number of hydrogen-bond donors (Lipinski definition) is 1. The van der Waals surface area contributed by atoms with Crippen LogP contribution in [0.15, 0.2) is 30.7 Å². The van der Waals surface area contributed by atoms with E-state index in [0.29, 0.717) is 0 Å². The SMILES string of the molecule is CCCn1cncc1CNc1cccc2c1CCCC2. The van der Waals surface area contributed by atoms with Crippen LogP contribution in [0.3, 0.4) is 0 Å². The van der Waals surface area contributed by atoms with Crippen molar-refractivity contribution in [2.24, 2.45) is 0 Å². The molecule has 0 bridgehead atoms. The van der Waals surface area contributed by atoms with E-state index in [9.17, 15) is 0 Å². The molecule has 1 heterocycles. The number of rotatable bonds is 5. The lowest BCUT2D eigenvalue weighted by molar-refractivity contribution is 0.650. The van der Waals surface area contributed by atoms with E-state index in [0.717, 1.165) is 19.5 Å². The molecule has 1 aliphatic carbocycles. The number of aryl methyl sites for hydroxylation is 2. The van der Waals surface area contributed by atoms with Crippen molar-refractivity contribution < 1.29 is 0 Å². The van der Waals surface area contributed by atoms with E-state index in [-0.39, 0.29) is 0 Å². The van der Waals surface area contributed by atoms with Crippen LogP contribution in [0.2, 0.25) is 0 Å². The fourth-order valence-electron chi connectivity index (χ4n) is 3.07. The third-order valence-electron chi connectivity index (χ3n) is 4.12. The molecule has 0 radical (unpaired) electrons. The average Bonchev–Trinajstić information content (AvgIpc) is 2.93. The minimum absolute atomic E-state index is 0.858. The van der Waals surface area contributed by atoms with Crippen molar-refractivity contribution in [3.8, 4) is 0 Å². The van der Waals surface area contributed by atoms with Crippen LogP contribution in [0.1, 0.15) is 43.0 Å². The van der Waals surface area contributed by atoms with Crippen LogP contribution in [0.25, 0.3) is 0 Å². The van der Waals surface area contributed by atoms with Crippen molar-refractivity contribution in [2.45, 2.75) is 52.1 Å². The molecule has 0 spiro atoms. The van der Waals surface area contributed by atoms with Gasteiger partial charge in [0.25, 0.3) is 0 Å². The van der Waals surface area contributed by atoms with Gasteiger partial charge in [0, 0.05) is 18.4 Å². The molecule has 0 aliphatic heterocycles. The van der Waals surface area contributed by atoms with Gasteiger partial charge >= 0.3 is 0 Å². The first-order valence-corrected chi connectivity index (χ1v) is 7.72. The highest BCUT2D eigenvalue weighted by Gasteiger charge is 2.12. The number of imidazole rings is 1. The first kappa shape index (κ1) is 13.2. The maximum atomic E-state index is 4.26. The van der Waals surface area contributed by atoms with Crippen molar-refractivity contribution in [3.63, 3.8) is 0 Å². The molecule has 0 fully saturated rings. The van der Waals surface area contributed by atoms with Crippen molar-refractivity contribution >= 4 is 5.69 Å². The Morgan fingerprint density at radius 3 is 3.05 bits per heavy atom. The van der Waals surface area contributed by atoms with Crippen LogP contribution < -0.4 is 5.32 Å². The average molecular weight is 269 g/mol. The zero-order valence-corrected chi connectivity index (χ0v) is 12.2. The van der Waals surface area contributed by atoms with E-state index in [1.165, 1.54) is 48.2 Å². The van der Waals surface area contributed by atoms with Gasteiger partial charge in [0.15, 0.2) is 0 Å². The maximum Gasteiger partial charge on any atom is 0.0948 e. The van der Waals surface area contributed by atoms with Crippen LogP contribution in [0, 0.1) is 0 Å². The zero-order valence-electron chi connectivity index (χ0n) is 12.2. The van der Waals surface area contributed by atoms with Crippen LogP contribution in [-0.4, -0.2) is 9.55 Å². The third kappa shape index (κ3) is 2.72. The van der Waals surface area contributed by atoms with Crippen molar-refractivity contribution in [2.75, 3.05) is 5.32 Å². The number of hydrogen-bond acceptors (Lipinski definition) is 2. The van der Waals surface area contributed by atoms with Gasteiger partial charge in [-0.25, -0.2) is 4.98 Å². The topological polar surface area (TPSA) is 29.9 Å². The third-order valence-corrected chi connectivity index (χ3v) is 4.12. The molecule has 0 saturated heterocycles. The summed E-state index contributed by atoms with van der Waals surface area (Å²) >= 11 is 0. The van der Waals surface area contributed by atoms with Gasteiger partial charge in [-0.15, -0.1) is 0 Å². The molecule has 0 unspecified atom stereocenters. The molecule has 1 aromatic heterocycles. The molecule has 1 aliphatic rings. The summed E-state index contributed by atoms with van der Waals surface area (Å²) in [7, 11) is 0. The normalized spacial score (nSPS) is 14.1. The summed E-state index contributed by atoms with van der Waals surface area (Å²) < 4.78 is 2.24. The van der Waals surface area contributed by atoms with E-state index in [4.69, 9.17) is 0 Å². The van der Waals surface area contributed by atoms with E-state index in [1.54, 1.807) is 0 Å². The molecular formula is C17H23N3. The van der Waals surface area contributed by atoms with Crippen molar-refractivity contribution in [1.29, 1.82) is 0 Å². The molecule has 0 saturated carbocycles. The summed E-state index contributed by atoms with van der Waals surface area (Å²) in [6, 6.07) is 6.67. The van der Waals surface area contributed by atoms with Gasteiger partial charge in [-0.2, -0.15) is 0 Å². The first-order valence-electron chi connectivity index (χ1n) is 7.72. The standard InChI is InChI=1S/C17H23N3/c1-2-10-20-13-18-11-15(20)12-19-17-9-5-7-14-6-3-4-8-16(14)17/h5,7,9,11,13,19H,2-4,6,8,10,12H2,1H3. The van der Waals surface area contributed by atoms with Crippen LogP contribution >= 0.6 is 0 Å². The molecule has 0 amide bonds. The Kier molecular flexibility index (Phi) is 4.05. The summed E-state index contributed by atoms with van der Waals surface area (Å²) in [6.45, 7) is 4.10. The Hall–Kier alpha value is -1.77.